The molecule has 1 fully saturated rings. The molecule has 3 nitrogen and oxygen atoms in total. The molecule has 0 amide bonds. The van der Waals surface area contributed by atoms with Crippen molar-refractivity contribution in [2.24, 2.45) is 0 Å². The molecule has 0 spiro atoms. The van der Waals surface area contributed by atoms with Crippen molar-refractivity contribution in [2.75, 3.05) is 13.6 Å². The molecule has 1 N–H and O–H groups in total. The van der Waals surface area contributed by atoms with Gasteiger partial charge in [-0.2, -0.15) is 0 Å². The summed E-state index contributed by atoms with van der Waals surface area (Å²) in [7, 11) is 1.97. The van der Waals surface area contributed by atoms with Crippen LogP contribution in [0.15, 0.2) is 18.2 Å². The van der Waals surface area contributed by atoms with Crippen molar-refractivity contribution >= 4 is 0 Å². The van der Waals surface area contributed by atoms with E-state index < -0.39 is 0 Å². The first-order chi connectivity index (χ1) is 9.33. The normalized spacial score (nSPS) is 21.3. The number of nitrogens with one attached hydrogen (secondary N) is 1. The van der Waals surface area contributed by atoms with Crippen molar-refractivity contribution in [1.29, 1.82) is 0 Å². The van der Waals surface area contributed by atoms with Gasteiger partial charge in [0.1, 0.15) is 0 Å². The molecule has 2 rings (SSSR count). The Kier molecular flexibility index (Phi) is 5.80. The molecule has 19 heavy (non-hydrogen) atoms. The lowest BCUT2D eigenvalue weighted by Gasteiger charge is -2.28. The van der Waals surface area contributed by atoms with Gasteiger partial charge in [0.15, 0.2) is 0 Å². The molecule has 1 aromatic rings. The highest BCUT2D eigenvalue weighted by Gasteiger charge is 2.19. The first-order valence-electron chi connectivity index (χ1n) is 7.67. The lowest BCUT2D eigenvalue weighted by Crippen LogP contribution is -2.34. The van der Waals surface area contributed by atoms with Crippen molar-refractivity contribution in [3.8, 4) is 0 Å². The van der Waals surface area contributed by atoms with E-state index >= 15 is 0 Å². The SMILES string of the molecule is CCC1CCCCCN1Cc1cccc(CNC)n1. The van der Waals surface area contributed by atoms with Crippen LogP contribution in [0, 0.1) is 0 Å². The highest BCUT2D eigenvalue weighted by atomic mass is 15.2. The highest BCUT2D eigenvalue weighted by Crippen LogP contribution is 2.20. The number of likely N-dealkylation sites (tertiary alicyclic amines) is 1. The second-order valence-corrected chi connectivity index (χ2v) is 5.53. The second-order valence-electron chi connectivity index (χ2n) is 5.53. The quantitative estimate of drug-likeness (QED) is 0.883. The van der Waals surface area contributed by atoms with Gasteiger partial charge in [-0.3, -0.25) is 9.88 Å². The summed E-state index contributed by atoms with van der Waals surface area (Å²) >= 11 is 0. The fourth-order valence-corrected chi connectivity index (χ4v) is 3.01. The number of nitrogens with zero attached hydrogens (tertiary/aromatic N) is 2. The summed E-state index contributed by atoms with van der Waals surface area (Å²) in [6.07, 6.45) is 6.73. The van der Waals surface area contributed by atoms with E-state index in [0.29, 0.717) is 0 Å². The van der Waals surface area contributed by atoms with Crippen LogP contribution in [-0.4, -0.2) is 29.5 Å². The van der Waals surface area contributed by atoms with Crippen LogP contribution in [0.3, 0.4) is 0 Å². The van der Waals surface area contributed by atoms with Crippen molar-refractivity contribution in [3.05, 3.63) is 29.6 Å². The molecule has 0 bridgehead atoms. The van der Waals surface area contributed by atoms with E-state index in [-0.39, 0.29) is 0 Å². The Labute approximate surface area is 117 Å². The van der Waals surface area contributed by atoms with E-state index in [1.807, 2.05) is 7.05 Å². The van der Waals surface area contributed by atoms with Gasteiger partial charge in [-0.15, -0.1) is 0 Å². The minimum atomic E-state index is 0.747. The lowest BCUT2D eigenvalue weighted by atomic mass is 10.1. The number of rotatable bonds is 5. The van der Waals surface area contributed by atoms with Gasteiger partial charge < -0.3 is 5.32 Å². The minimum Gasteiger partial charge on any atom is -0.314 e. The molecule has 0 aromatic carbocycles. The standard InChI is InChI=1S/C16H27N3/c1-3-16-10-5-4-6-11-19(16)13-15-9-7-8-14(18-15)12-17-2/h7-9,16-17H,3-6,10-13H2,1-2H3. The maximum absolute atomic E-state index is 4.75. The van der Waals surface area contributed by atoms with Crippen molar-refractivity contribution in [1.82, 2.24) is 15.2 Å². The van der Waals surface area contributed by atoms with Crippen molar-refractivity contribution in [3.63, 3.8) is 0 Å². The topological polar surface area (TPSA) is 28.2 Å². The number of pyridine rings is 1. The predicted octanol–water partition coefficient (Wildman–Crippen LogP) is 2.96. The summed E-state index contributed by atoms with van der Waals surface area (Å²) < 4.78 is 0. The summed E-state index contributed by atoms with van der Waals surface area (Å²) in [6.45, 7) is 5.41. The maximum Gasteiger partial charge on any atom is 0.0547 e. The van der Waals surface area contributed by atoms with Crippen LogP contribution >= 0.6 is 0 Å². The predicted molar refractivity (Wildman–Crippen MR) is 80.0 cm³/mol. The van der Waals surface area contributed by atoms with Gasteiger partial charge in [0.05, 0.1) is 11.4 Å². The molecule has 1 aliphatic rings. The molecule has 0 aliphatic carbocycles. The van der Waals surface area contributed by atoms with Crippen LogP contribution in [-0.2, 0) is 13.1 Å². The zero-order valence-corrected chi connectivity index (χ0v) is 12.4. The lowest BCUT2D eigenvalue weighted by molar-refractivity contribution is 0.184. The third-order valence-corrected chi connectivity index (χ3v) is 4.06. The molecular formula is C16H27N3. The van der Waals surface area contributed by atoms with Crippen LogP contribution < -0.4 is 5.32 Å². The summed E-state index contributed by atoms with van der Waals surface area (Å²) in [6, 6.07) is 7.14. The average Bonchev–Trinajstić information content (AvgIpc) is 2.64. The molecular weight excluding hydrogens is 234 g/mol. The molecule has 1 atom stereocenters. The van der Waals surface area contributed by atoms with Gasteiger partial charge in [-0.1, -0.05) is 25.8 Å². The van der Waals surface area contributed by atoms with Gasteiger partial charge in [-0.05, 0) is 45.0 Å². The Morgan fingerprint density at radius 3 is 2.89 bits per heavy atom. The molecule has 1 saturated heterocycles. The molecule has 1 aromatic heterocycles. The third kappa shape index (κ3) is 4.29. The Bertz CT molecular complexity index is 378. The van der Waals surface area contributed by atoms with Crippen LogP contribution in [0.25, 0.3) is 0 Å². The first-order valence-corrected chi connectivity index (χ1v) is 7.67. The van der Waals surface area contributed by atoms with Gasteiger partial charge >= 0.3 is 0 Å². The summed E-state index contributed by atoms with van der Waals surface area (Å²) in [4.78, 5) is 7.39. The molecule has 0 radical (unpaired) electrons. The summed E-state index contributed by atoms with van der Waals surface area (Å²) in [5.41, 5.74) is 2.36. The zero-order chi connectivity index (χ0) is 13.5. The molecule has 0 saturated carbocycles. The molecule has 1 unspecified atom stereocenters. The van der Waals surface area contributed by atoms with E-state index in [9.17, 15) is 0 Å². The summed E-state index contributed by atoms with van der Waals surface area (Å²) in [5.74, 6) is 0. The van der Waals surface area contributed by atoms with Crippen LogP contribution in [0.5, 0.6) is 0 Å². The third-order valence-electron chi connectivity index (χ3n) is 4.06. The van der Waals surface area contributed by atoms with E-state index in [1.54, 1.807) is 0 Å². The number of hydrogen-bond donors (Lipinski definition) is 1. The summed E-state index contributed by atoms with van der Waals surface area (Å²) in [5, 5.41) is 3.17. The Balaban J connectivity index is 2.03. The smallest absolute Gasteiger partial charge is 0.0547 e. The second kappa shape index (κ2) is 7.61. The van der Waals surface area contributed by atoms with Gasteiger partial charge in [-0.25, -0.2) is 0 Å². The molecule has 3 heteroatoms. The van der Waals surface area contributed by atoms with Crippen molar-refractivity contribution < 1.29 is 0 Å². The molecule has 1 aliphatic heterocycles. The van der Waals surface area contributed by atoms with E-state index in [1.165, 1.54) is 44.3 Å². The zero-order valence-electron chi connectivity index (χ0n) is 12.4. The van der Waals surface area contributed by atoms with Crippen LogP contribution in [0.4, 0.5) is 0 Å². The van der Waals surface area contributed by atoms with Crippen LogP contribution in [0.2, 0.25) is 0 Å². The fourth-order valence-electron chi connectivity index (χ4n) is 3.01. The molecule has 106 valence electrons. The highest BCUT2D eigenvalue weighted by molar-refractivity contribution is 5.11. The fraction of sp³-hybridized carbons (Fsp3) is 0.688. The minimum absolute atomic E-state index is 0.747. The first kappa shape index (κ1) is 14.5. The van der Waals surface area contributed by atoms with Gasteiger partial charge in [0, 0.05) is 19.1 Å². The van der Waals surface area contributed by atoms with E-state index in [4.69, 9.17) is 4.98 Å². The van der Waals surface area contributed by atoms with Crippen molar-refractivity contribution in [2.45, 2.75) is 58.2 Å². The Hall–Kier alpha value is -0.930. The maximum atomic E-state index is 4.75. The number of aromatic nitrogens is 1. The van der Waals surface area contributed by atoms with Gasteiger partial charge in [0.2, 0.25) is 0 Å². The van der Waals surface area contributed by atoms with E-state index in [2.05, 4.69) is 35.3 Å². The Morgan fingerprint density at radius 2 is 2.11 bits per heavy atom. The Morgan fingerprint density at radius 1 is 1.26 bits per heavy atom. The number of hydrogen-bond acceptors (Lipinski definition) is 3. The van der Waals surface area contributed by atoms with Crippen LogP contribution in [0.1, 0.15) is 50.4 Å². The monoisotopic (exact) mass is 261 g/mol. The van der Waals surface area contributed by atoms with Gasteiger partial charge in [0.25, 0.3) is 0 Å². The molecule has 2 heterocycles. The average molecular weight is 261 g/mol. The largest absolute Gasteiger partial charge is 0.314 e. The van der Waals surface area contributed by atoms with E-state index in [0.717, 1.165) is 24.8 Å².